The molecule has 2 aromatic rings. The first kappa shape index (κ1) is 12.8. The van der Waals surface area contributed by atoms with Crippen molar-refractivity contribution in [3.63, 3.8) is 0 Å². The average Bonchev–Trinajstić information content (AvgIpc) is 2.47. The van der Waals surface area contributed by atoms with Gasteiger partial charge in [-0.15, -0.1) is 0 Å². The highest BCUT2D eigenvalue weighted by atomic mass is 35.5. The zero-order valence-corrected chi connectivity index (χ0v) is 11.1. The molecule has 20 heavy (non-hydrogen) atoms. The van der Waals surface area contributed by atoms with E-state index in [9.17, 15) is 4.79 Å². The number of halogens is 1. The molecule has 4 N–H and O–H groups in total. The molecule has 1 atom stereocenters. The second-order valence-electron chi connectivity index (χ2n) is 4.34. The van der Waals surface area contributed by atoms with E-state index in [0.717, 1.165) is 11.1 Å². The molecule has 1 unspecified atom stereocenters. The maximum atomic E-state index is 11.6. The fourth-order valence-electron chi connectivity index (χ4n) is 2.29. The molecule has 0 radical (unpaired) electrons. The van der Waals surface area contributed by atoms with Crippen LogP contribution in [0.4, 0.5) is 4.79 Å². The lowest BCUT2D eigenvalue weighted by atomic mass is 9.94. The van der Waals surface area contributed by atoms with Crippen LogP contribution in [-0.4, -0.2) is 6.03 Å². The summed E-state index contributed by atoms with van der Waals surface area (Å²) < 4.78 is 5.82. The lowest BCUT2D eigenvalue weighted by Gasteiger charge is -2.29. The Morgan fingerprint density at radius 1 is 1.15 bits per heavy atom. The van der Waals surface area contributed by atoms with Crippen LogP contribution in [0, 0.1) is 0 Å². The predicted molar refractivity (Wildman–Crippen MR) is 75.7 cm³/mol. The number of amides is 2. The summed E-state index contributed by atoms with van der Waals surface area (Å²) in [6.45, 7) is 0. The van der Waals surface area contributed by atoms with Gasteiger partial charge in [0.2, 0.25) is 0 Å². The van der Waals surface area contributed by atoms with E-state index in [2.05, 4.69) is 10.7 Å². The maximum Gasteiger partial charge on any atom is 0.329 e. The van der Waals surface area contributed by atoms with E-state index in [1.165, 1.54) is 0 Å². The summed E-state index contributed by atoms with van der Waals surface area (Å²) in [7, 11) is 0. The molecule has 0 spiro atoms. The molecule has 0 bridgehead atoms. The minimum Gasteiger partial charge on any atom is -0.457 e. The molecule has 2 aromatic carbocycles. The van der Waals surface area contributed by atoms with Gasteiger partial charge in [0.1, 0.15) is 11.5 Å². The van der Waals surface area contributed by atoms with Crippen LogP contribution in [0.2, 0.25) is 5.02 Å². The zero-order chi connectivity index (χ0) is 14.1. The number of carbonyl (C=O) groups is 1. The molecule has 0 aliphatic carbocycles. The molecular weight excluding hydrogens is 278 g/mol. The molecule has 0 aromatic heterocycles. The predicted octanol–water partition coefficient (Wildman–Crippen LogP) is 2.71. The third kappa shape index (κ3) is 2.07. The van der Waals surface area contributed by atoms with Gasteiger partial charge in [-0.1, -0.05) is 35.9 Å². The molecule has 1 heterocycles. The quantitative estimate of drug-likeness (QED) is 0.429. The number of nitrogens with one attached hydrogen (secondary N) is 2. The highest BCUT2D eigenvalue weighted by molar-refractivity contribution is 6.31. The van der Waals surface area contributed by atoms with Crippen molar-refractivity contribution in [1.82, 2.24) is 10.7 Å². The van der Waals surface area contributed by atoms with Gasteiger partial charge in [0, 0.05) is 16.1 Å². The lowest BCUT2D eigenvalue weighted by Crippen LogP contribution is -2.42. The molecule has 0 saturated heterocycles. The van der Waals surface area contributed by atoms with E-state index in [1.807, 2.05) is 30.3 Å². The molecule has 3 rings (SSSR count). The Labute approximate surface area is 120 Å². The van der Waals surface area contributed by atoms with Crippen LogP contribution in [0.25, 0.3) is 0 Å². The Morgan fingerprint density at radius 3 is 2.70 bits per heavy atom. The van der Waals surface area contributed by atoms with Crippen LogP contribution in [0.5, 0.6) is 11.5 Å². The Hall–Kier alpha value is -2.24. The summed E-state index contributed by atoms with van der Waals surface area (Å²) in [6.07, 6.45) is 0. The SMILES string of the molecule is NNC(=O)NC1c2ccccc2Oc2cccc(Cl)c21. The fourth-order valence-corrected chi connectivity index (χ4v) is 2.57. The number of rotatable bonds is 1. The monoisotopic (exact) mass is 289 g/mol. The van der Waals surface area contributed by atoms with Gasteiger partial charge >= 0.3 is 6.03 Å². The topological polar surface area (TPSA) is 76.4 Å². The van der Waals surface area contributed by atoms with Crippen LogP contribution in [0.15, 0.2) is 42.5 Å². The number of hydrogen-bond acceptors (Lipinski definition) is 3. The molecule has 102 valence electrons. The smallest absolute Gasteiger partial charge is 0.329 e. The van der Waals surface area contributed by atoms with Gasteiger partial charge in [0.05, 0.1) is 6.04 Å². The van der Waals surface area contributed by atoms with E-state index in [-0.39, 0.29) is 0 Å². The zero-order valence-electron chi connectivity index (χ0n) is 10.4. The molecule has 1 aliphatic rings. The number of para-hydroxylation sites is 1. The van der Waals surface area contributed by atoms with Gasteiger partial charge in [-0.2, -0.15) is 0 Å². The standard InChI is InChI=1S/C14H12ClN3O2/c15-9-5-3-7-11-12(9)13(17-14(19)18-16)8-4-1-2-6-10(8)20-11/h1-7,13H,16H2,(H2,17,18,19). The molecule has 0 saturated carbocycles. The second kappa shape index (κ2) is 5.03. The van der Waals surface area contributed by atoms with Crippen LogP contribution in [-0.2, 0) is 0 Å². The van der Waals surface area contributed by atoms with Gasteiger partial charge in [0.15, 0.2) is 0 Å². The summed E-state index contributed by atoms with van der Waals surface area (Å²) in [5, 5.41) is 3.31. The molecular formula is C14H12ClN3O2. The van der Waals surface area contributed by atoms with Gasteiger partial charge in [-0.3, -0.25) is 5.43 Å². The lowest BCUT2D eigenvalue weighted by molar-refractivity contribution is 0.238. The molecule has 0 fully saturated rings. The summed E-state index contributed by atoms with van der Waals surface area (Å²) in [5.74, 6) is 6.45. The van der Waals surface area contributed by atoms with Crippen molar-refractivity contribution in [2.75, 3.05) is 0 Å². The van der Waals surface area contributed by atoms with Crippen molar-refractivity contribution in [2.24, 2.45) is 5.84 Å². The third-order valence-electron chi connectivity index (χ3n) is 3.16. The van der Waals surface area contributed by atoms with Crippen molar-refractivity contribution in [1.29, 1.82) is 0 Å². The number of fused-ring (bicyclic) bond motifs is 2. The number of carbonyl (C=O) groups excluding carboxylic acids is 1. The fraction of sp³-hybridized carbons (Fsp3) is 0.0714. The van der Waals surface area contributed by atoms with Crippen LogP contribution in [0.1, 0.15) is 17.2 Å². The van der Waals surface area contributed by atoms with Crippen LogP contribution in [0.3, 0.4) is 0 Å². The number of hydrogen-bond donors (Lipinski definition) is 3. The number of hydrazine groups is 1. The number of benzene rings is 2. The Bertz CT molecular complexity index is 675. The van der Waals surface area contributed by atoms with E-state index in [1.54, 1.807) is 12.1 Å². The minimum absolute atomic E-state index is 0.410. The van der Waals surface area contributed by atoms with Gasteiger partial charge in [0.25, 0.3) is 0 Å². The molecule has 2 amide bonds. The number of nitrogens with two attached hydrogens (primary N) is 1. The van der Waals surface area contributed by atoms with Crippen molar-refractivity contribution >= 4 is 17.6 Å². The summed E-state index contributed by atoms with van der Waals surface area (Å²) >= 11 is 6.25. The van der Waals surface area contributed by atoms with E-state index < -0.39 is 12.1 Å². The minimum atomic E-state index is -0.488. The maximum absolute atomic E-state index is 11.6. The summed E-state index contributed by atoms with van der Waals surface area (Å²) in [6, 6.07) is 11.9. The first-order chi connectivity index (χ1) is 9.70. The molecule has 6 heteroatoms. The van der Waals surface area contributed by atoms with Crippen molar-refractivity contribution in [2.45, 2.75) is 6.04 Å². The summed E-state index contributed by atoms with van der Waals surface area (Å²) in [4.78, 5) is 11.6. The largest absolute Gasteiger partial charge is 0.457 e. The molecule has 1 aliphatic heterocycles. The second-order valence-corrected chi connectivity index (χ2v) is 4.75. The average molecular weight is 290 g/mol. The van der Waals surface area contributed by atoms with Crippen molar-refractivity contribution < 1.29 is 9.53 Å². The molecule has 5 nitrogen and oxygen atoms in total. The van der Waals surface area contributed by atoms with Crippen molar-refractivity contribution in [3.8, 4) is 11.5 Å². The number of ether oxygens (including phenoxy) is 1. The highest BCUT2D eigenvalue weighted by Gasteiger charge is 2.30. The van der Waals surface area contributed by atoms with E-state index >= 15 is 0 Å². The summed E-state index contributed by atoms with van der Waals surface area (Å²) in [5.41, 5.74) is 3.61. The van der Waals surface area contributed by atoms with Gasteiger partial charge in [-0.25, -0.2) is 10.6 Å². The normalized spacial score (nSPS) is 15.6. The Morgan fingerprint density at radius 2 is 1.90 bits per heavy atom. The number of urea groups is 1. The highest BCUT2D eigenvalue weighted by Crippen LogP contribution is 2.45. The van der Waals surface area contributed by atoms with Crippen LogP contribution >= 0.6 is 11.6 Å². The Balaban J connectivity index is 2.14. The van der Waals surface area contributed by atoms with Crippen molar-refractivity contribution in [3.05, 3.63) is 58.6 Å². The van der Waals surface area contributed by atoms with E-state index in [4.69, 9.17) is 22.2 Å². The Kier molecular flexibility index (Phi) is 3.22. The van der Waals surface area contributed by atoms with Crippen LogP contribution < -0.4 is 21.3 Å². The van der Waals surface area contributed by atoms with Gasteiger partial charge < -0.3 is 10.1 Å². The van der Waals surface area contributed by atoms with Gasteiger partial charge in [-0.05, 0) is 18.2 Å². The first-order valence-corrected chi connectivity index (χ1v) is 6.41. The third-order valence-corrected chi connectivity index (χ3v) is 3.49. The first-order valence-electron chi connectivity index (χ1n) is 6.03. The van der Waals surface area contributed by atoms with E-state index in [0.29, 0.717) is 16.5 Å².